The average Bonchev–Trinajstić information content (AvgIpc) is 2.73. The van der Waals surface area contributed by atoms with E-state index in [-0.39, 0.29) is 6.04 Å². The molecular weight excluding hydrogens is 228 g/mol. The predicted octanol–water partition coefficient (Wildman–Crippen LogP) is 3.26. The summed E-state index contributed by atoms with van der Waals surface area (Å²) in [6.07, 6.45) is 3.95. The molecule has 0 aliphatic carbocycles. The molecular formula is C14H24N2S. The lowest BCUT2D eigenvalue weighted by Gasteiger charge is -2.25. The Morgan fingerprint density at radius 3 is 2.94 bits per heavy atom. The van der Waals surface area contributed by atoms with Crippen LogP contribution in [0.15, 0.2) is 17.5 Å². The van der Waals surface area contributed by atoms with E-state index in [0.29, 0.717) is 5.41 Å². The first kappa shape index (κ1) is 13.1. The van der Waals surface area contributed by atoms with Gasteiger partial charge >= 0.3 is 0 Å². The lowest BCUT2D eigenvalue weighted by Crippen LogP contribution is -2.33. The molecule has 2 nitrogen and oxygen atoms in total. The van der Waals surface area contributed by atoms with E-state index in [1.54, 1.807) is 11.3 Å². The third-order valence-electron chi connectivity index (χ3n) is 3.80. The molecule has 2 heterocycles. The SMILES string of the molecule is CC1(C)CCCN(CC(N)c2cccs2)CC1. The van der Waals surface area contributed by atoms with Gasteiger partial charge in [-0.3, -0.25) is 0 Å². The van der Waals surface area contributed by atoms with Gasteiger partial charge in [0.25, 0.3) is 0 Å². The van der Waals surface area contributed by atoms with Crippen molar-refractivity contribution in [2.24, 2.45) is 11.1 Å². The number of nitrogens with two attached hydrogens (primary N) is 1. The summed E-state index contributed by atoms with van der Waals surface area (Å²) in [5, 5.41) is 2.11. The Labute approximate surface area is 109 Å². The van der Waals surface area contributed by atoms with E-state index in [9.17, 15) is 0 Å². The highest BCUT2D eigenvalue weighted by atomic mass is 32.1. The third-order valence-corrected chi connectivity index (χ3v) is 4.80. The van der Waals surface area contributed by atoms with Gasteiger partial charge < -0.3 is 10.6 Å². The van der Waals surface area contributed by atoms with E-state index in [2.05, 4.69) is 36.3 Å². The Kier molecular flexibility index (Phi) is 4.23. The van der Waals surface area contributed by atoms with Gasteiger partial charge in [-0.05, 0) is 49.2 Å². The number of hydrogen-bond acceptors (Lipinski definition) is 3. The maximum atomic E-state index is 6.26. The molecule has 0 radical (unpaired) electrons. The molecule has 1 aromatic rings. The molecule has 1 aliphatic rings. The van der Waals surface area contributed by atoms with Crippen LogP contribution in [0.2, 0.25) is 0 Å². The Bertz CT molecular complexity index is 332. The summed E-state index contributed by atoms with van der Waals surface area (Å²) >= 11 is 1.77. The summed E-state index contributed by atoms with van der Waals surface area (Å²) in [7, 11) is 0. The highest BCUT2D eigenvalue weighted by molar-refractivity contribution is 7.10. The molecule has 0 spiro atoms. The Hall–Kier alpha value is -0.380. The van der Waals surface area contributed by atoms with E-state index in [4.69, 9.17) is 5.73 Å². The third kappa shape index (κ3) is 3.80. The summed E-state index contributed by atoms with van der Waals surface area (Å²) < 4.78 is 0. The molecule has 1 saturated heterocycles. The van der Waals surface area contributed by atoms with Crippen LogP contribution in [0.3, 0.4) is 0 Å². The van der Waals surface area contributed by atoms with Crippen LogP contribution < -0.4 is 5.73 Å². The maximum Gasteiger partial charge on any atom is 0.0519 e. The van der Waals surface area contributed by atoms with Crippen molar-refractivity contribution in [1.82, 2.24) is 4.90 Å². The van der Waals surface area contributed by atoms with Crippen molar-refractivity contribution < 1.29 is 0 Å². The molecule has 0 amide bonds. The minimum atomic E-state index is 0.191. The molecule has 96 valence electrons. The van der Waals surface area contributed by atoms with Gasteiger partial charge in [-0.25, -0.2) is 0 Å². The molecule has 1 atom stereocenters. The number of rotatable bonds is 3. The lowest BCUT2D eigenvalue weighted by atomic mass is 9.85. The van der Waals surface area contributed by atoms with Crippen LogP contribution in [0.25, 0.3) is 0 Å². The van der Waals surface area contributed by atoms with Crippen molar-refractivity contribution in [1.29, 1.82) is 0 Å². The zero-order valence-corrected chi connectivity index (χ0v) is 11.8. The van der Waals surface area contributed by atoms with Crippen LogP contribution in [0.4, 0.5) is 0 Å². The molecule has 1 aliphatic heterocycles. The fourth-order valence-electron chi connectivity index (χ4n) is 2.53. The minimum absolute atomic E-state index is 0.191. The Morgan fingerprint density at radius 1 is 1.41 bits per heavy atom. The van der Waals surface area contributed by atoms with Gasteiger partial charge in [0.15, 0.2) is 0 Å². The van der Waals surface area contributed by atoms with Crippen molar-refractivity contribution in [2.45, 2.75) is 39.2 Å². The van der Waals surface area contributed by atoms with E-state index in [1.807, 2.05) is 0 Å². The number of nitrogens with zero attached hydrogens (tertiary/aromatic N) is 1. The normalized spacial score (nSPS) is 23.2. The fraction of sp³-hybridized carbons (Fsp3) is 0.714. The van der Waals surface area contributed by atoms with Crippen LogP contribution in [-0.2, 0) is 0 Å². The van der Waals surface area contributed by atoms with Gasteiger partial charge in [-0.1, -0.05) is 19.9 Å². The first-order chi connectivity index (χ1) is 8.07. The molecule has 0 aromatic carbocycles. The largest absolute Gasteiger partial charge is 0.322 e. The zero-order valence-electron chi connectivity index (χ0n) is 11.0. The summed E-state index contributed by atoms with van der Waals surface area (Å²) in [6, 6.07) is 4.43. The van der Waals surface area contributed by atoms with Gasteiger partial charge in [-0.15, -0.1) is 11.3 Å². The molecule has 0 saturated carbocycles. The first-order valence-corrected chi connectivity index (χ1v) is 7.46. The van der Waals surface area contributed by atoms with Crippen molar-refractivity contribution in [3.05, 3.63) is 22.4 Å². The van der Waals surface area contributed by atoms with E-state index < -0.39 is 0 Å². The molecule has 3 heteroatoms. The van der Waals surface area contributed by atoms with Crippen molar-refractivity contribution in [3.63, 3.8) is 0 Å². The molecule has 2 N–H and O–H groups in total. The van der Waals surface area contributed by atoms with Gasteiger partial charge in [0.2, 0.25) is 0 Å². The standard InChI is InChI=1S/C14H24N2S/c1-14(2)6-4-8-16(9-7-14)11-12(15)13-5-3-10-17-13/h3,5,10,12H,4,6-9,11,15H2,1-2H3. The predicted molar refractivity (Wildman–Crippen MR) is 75.3 cm³/mol. The van der Waals surface area contributed by atoms with Gasteiger partial charge in [0, 0.05) is 11.4 Å². The van der Waals surface area contributed by atoms with Crippen LogP contribution in [-0.4, -0.2) is 24.5 Å². The number of hydrogen-bond donors (Lipinski definition) is 1. The number of likely N-dealkylation sites (tertiary alicyclic amines) is 1. The first-order valence-electron chi connectivity index (χ1n) is 6.58. The fourth-order valence-corrected chi connectivity index (χ4v) is 3.25. The second kappa shape index (κ2) is 5.51. The summed E-state index contributed by atoms with van der Waals surface area (Å²) in [6.45, 7) is 8.19. The Morgan fingerprint density at radius 2 is 2.24 bits per heavy atom. The molecule has 1 fully saturated rings. The molecule has 0 bridgehead atoms. The average molecular weight is 252 g/mol. The molecule has 1 unspecified atom stereocenters. The van der Waals surface area contributed by atoms with Crippen molar-refractivity contribution in [2.75, 3.05) is 19.6 Å². The van der Waals surface area contributed by atoms with Gasteiger partial charge in [0.05, 0.1) is 6.04 Å². The minimum Gasteiger partial charge on any atom is -0.322 e. The van der Waals surface area contributed by atoms with E-state index in [0.717, 1.165) is 6.54 Å². The smallest absolute Gasteiger partial charge is 0.0519 e. The monoisotopic (exact) mass is 252 g/mol. The second-order valence-corrected chi connectivity index (χ2v) is 6.92. The second-order valence-electron chi connectivity index (χ2n) is 5.94. The van der Waals surface area contributed by atoms with Crippen LogP contribution in [0.1, 0.15) is 44.0 Å². The van der Waals surface area contributed by atoms with Crippen LogP contribution in [0.5, 0.6) is 0 Å². The van der Waals surface area contributed by atoms with Gasteiger partial charge in [-0.2, -0.15) is 0 Å². The quantitative estimate of drug-likeness (QED) is 0.894. The zero-order chi connectivity index (χ0) is 12.3. The molecule has 1 aromatic heterocycles. The highest BCUT2D eigenvalue weighted by Gasteiger charge is 2.24. The summed E-state index contributed by atoms with van der Waals surface area (Å²) in [5.41, 5.74) is 6.77. The highest BCUT2D eigenvalue weighted by Crippen LogP contribution is 2.30. The molecule has 2 rings (SSSR count). The summed E-state index contributed by atoms with van der Waals surface area (Å²) in [4.78, 5) is 3.85. The van der Waals surface area contributed by atoms with Crippen LogP contribution >= 0.6 is 11.3 Å². The van der Waals surface area contributed by atoms with E-state index in [1.165, 1.54) is 37.2 Å². The lowest BCUT2D eigenvalue weighted by molar-refractivity contribution is 0.250. The number of thiophene rings is 1. The molecule has 17 heavy (non-hydrogen) atoms. The van der Waals surface area contributed by atoms with Crippen molar-refractivity contribution >= 4 is 11.3 Å². The van der Waals surface area contributed by atoms with E-state index >= 15 is 0 Å². The van der Waals surface area contributed by atoms with Crippen molar-refractivity contribution in [3.8, 4) is 0 Å². The Balaban J connectivity index is 1.87. The van der Waals surface area contributed by atoms with Gasteiger partial charge in [0.1, 0.15) is 0 Å². The maximum absolute atomic E-state index is 6.26. The summed E-state index contributed by atoms with van der Waals surface area (Å²) in [5.74, 6) is 0. The van der Waals surface area contributed by atoms with Crippen LogP contribution in [0, 0.1) is 5.41 Å². The topological polar surface area (TPSA) is 29.3 Å².